The van der Waals surface area contributed by atoms with Gasteiger partial charge >= 0.3 is 5.97 Å². The number of alkyl halides is 1. The van der Waals surface area contributed by atoms with E-state index in [0.29, 0.717) is 0 Å². The van der Waals surface area contributed by atoms with Crippen molar-refractivity contribution in [1.82, 2.24) is 0 Å². The molecule has 1 aromatic rings. The van der Waals surface area contributed by atoms with Crippen LogP contribution in [0.1, 0.15) is 57.0 Å². The maximum Gasteiger partial charge on any atom is 0.375 e. The third kappa shape index (κ3) is 2.81. The van der Waals surface area contributed by atoms with Crippen molar-refractivity contribution in [3.8, 4) is 0 Å². The molecule has 0 bridgehead atoms. The van der Waals surface area contributed by atoms with Crippen LogP contribution >= 0.6 is 12.6 Å². The fourth-order valence-corrected chi connectivity index (χ4v) is 8.06. The number of carbonyl (C=O) groups excluding carboxylic acids is 4. The standard InChI is InChI=1S/C26H26F2O6S/c1-13-9-15-16-11-18(27)17-10-14(29)6-7-23(17,2)25(16,28)20(30)12-24(15,3)26(13,22(32)35)34-21(31)19-5-4-8-33-19/h4-8,13,15-16H,9-12H2,1-3H3,(H,32,35)/t13-,15?,16?,23+,24+,25+,26+/m1/s1. The van der Waals surface area contributed by atoms with E-state index < -0.39 is 69.0 Å². The number of furan rings is 1. The minimum Gasteiger partial charge on any atom is -0.457 e. The lowest BCUT2D eigenvalue weighted by Gasteiger charge is -2.59. The smallest absolute Gasteiger partial charge is 0.375 e. The first kappa shape index (κ1) is 24.2. The zero-order valence-electron chi connectivity index (χ0n) is 19.6. The molecule has 1 aromatic heterocycles. The van der Waals surface area contributed by atoms with E-state index in [0.717, 1.165) is 0 Å². The van der Waals surface area contributed by atoms with Crippen LogP contribution in [0.4, 0.5) is 8.78 Å². The van der Waals surface area contributed by atoms with E-state index in [4.69, 9.17) is 9.15 Å². The second-order valence-corrected chi connectivity index (χ2v) is 11.2. The molecule has 0 aromatic carbocycles. The van der Waals surface area contributed by atoms with Crippen molar-refractivity contribution in [3.63, 3.8) is 0 Å². The summed E-state index contributed by atoms with van der Waals surface area (Å²) in [5.74, 6) is -5.17. The predicted octanol–water partition coefficient (Wildman–Crippen LogP) is 4.75. The number of halogens is 2. The largest absolute Gasteiger partial charge is 0.457 e. The Morgan fingerprint density at radius 2 is 1.94 bits per heavy atom. The van der Waals surface area contributed by atoms with Gasteiger partial charge in [-0.3, -0.25) is 14.4 Å². The Bertz CT molecular complexity index is 1220. The van der Waals surface area contributed by atoms with Gasteiger partial charge in [-0.1, -0.05) is 19.9 Å². The topological polar surface area (TPSA) is 90.7 Å². The summed E-state index contributed by atoms with van der Waals surface area (Å²) >= 11 is 4.08. The average molecular weight is 505 g/mol. The van der Waals surface area contributed by atoms with Crippen LogP contribution in [-0.2, 0) is 19.1 Å². The van der Waals surface area contributed by atoms with Gasteiger partial charge in [0.05, 0.1) is 11.7 Å². The van der Waals surface area contributed by atoms with E-state index in [1.807, 2.05) is 0 Å². The molecular formula is C26H26F2O6S. The monoisotopic (exact) mass is 504 g/mol. The van der Waals surface area contributed by atoms with Crippen molar-refractivity contribution in [2.45, 2.75) is 57.7 Å². The molecule has 0 radical (unpaired) electrons. The Labute approximate surface area is 206 Å². The molecule has 1 heterocycles. The zero-order chi connectivity index (χ0) is 25.6. The van der Waals surface area contributed by atoms with Crippen molar-refractivity contribution in [2.75, 3.05) is 0 Å². The molecule has 35 heavy (non-hydrogen) atoms. The molecule has 0 saturated heterocycles. The highest BCUT2D eigenvalue weighted by Crippen LogP contribution is 2.71. The summed E-state index contributed by atoms with van der Waals surface area (Å²) in [6.07, 6.45) is 2.98. The molecule has 0 N–H and O–H groups in total. The highest BCUT2D eigenvalue weighted by atomic mass is 32.1. The second kappa shape index (κ2) is 7.48. The molecular weight excluding hydrogens is 478 g/mol. The minimum atomic E-state index is -2.47. The van der Waals surface area contributed by atoms with Crippen LogP contribution < -0.4 is 0 Å². The summed E-state index contributed by atoms with van der Waals surface area (Å²) in [7, 11) is 0. The number of esters is 1. The highest BCUT2D eigenvalue weighted by molar-refractivity contribution is 7.96. The molecule has 0 amide bonds. The Balaban J connectivity index is 1.64. The third-order valence-electron chi connectivity index (χ3n) is 9.26. The van der Waals surface area contributed by atoms with Crippen molar-refractivity contribution in [1.29, 1.82) is 0 Å². The Morgan fingerprint density at radius 3 is 2.57 bits per heavy atom. The number of rotatable bonds is 3. The van der Waals surface area contributed by atoms with Crippen LogP contribution in [0.2, 0.25) is 0 Å². The Kier molecular flexibility index (Phi) is 5.16. The lowest BCUT2D eigenvalue weighted by atomic mass is 9.46. The summed E-state index contributed by atoms with van der Waals surface area (Å²) < 4.78 is 43.6. The van der Waals surface area contributed by atoms with E-state index in [-0.39, 0.29) is 36.4 Å². The van der Waals surface area contributed by atoms with Crippen LogP contribution in [0.5, 0.6) is 0 Å². The highest BCUT2D eigenvalue weighted by Gasteiger charge is 2.77. The van der Waals surface area contributed by atoms with Crippen LogP contribution in [0.25, 0.3) is 0 Å². The van der Waals surface area contributed by atoms with E-state index in [9.17, 15) is 19.2 Å². The van der Waals surface area contributed by atoms with Crippen LogP contribution in [0.3, 0.4) is 0 Å². The number of allylic oxidation sites excluding steroid dienone is 4. The number of thiol groups is 1. The maximum atomic E-state index is 17.2. The van der Waals surface area contributed by atoms with Gasteiger partial charge in [0.15, 0.2) is 22.8 Å². The van der Waals surface area contributed by atoms with E-state index in [2.05, 4.69) is 12.6 Å². The summed E-state index contributed by atoms with van der Waals surface area (Å²) in [4.78, 5) is 51.7. The average Bonchev–Trinajstić information content (AvgIpc) is 3.39. The number of hydrogen-bond acceptors (Lipinski definition) is 6. The predicted molar refractivity (Wildman–Crippen MR) is 123 cm³/mol. The van der Waals surface area contributed by atoms with Crippen molar-refractivity contribution >= 4 is 35.3 Å². The molecule has 6 nitrogen and oxygen atoms in total. The molecule has 2 fully saturated rings. The molecule has 7 atom stereocenters. The Hall–Kier alpha value is -2.55. The van der Waals surface area contributed by atoms with Crippen molar-refractivity contribution < 1.29 is 37.1 Å². The normalized spacial score (nSPS) is 42.4. The van der Waals surface area contributed by atoms with Gasteiger partial charge < -0.3 is 9.15 Å². The molecule has 0 spiro atoms. The molecule has 9 heteroatoms. The number of hydrogen-bond donors (Lipinski definition) is 1. The minimum absolute atomic E-state index is 0.00697. The lowest BCUT2D eigenvalue weighted by Crippen LogP contribution is -2.68. The number of carbonyl (C=O) groups is 4. The summed E-state index contributed by atoms with van der Waals surface area (Å²) in [6.45, 7) is 4.78. The van der Waals surface area contributed by atoms with Gasteiger partial charge in [-0.05, 0) is 43.0 Å². The third-order valence-corrected chi connectivity index (χ3v) is 9.59. The number of Topliss-reactive ketones (excluding diaryl/α,β-unsaturated/α-hetero) is 1. The van der Waals surface area contributed by atoms with Crippen LogP contribution in [0, 0.1) is 28.6 Å². The van der Waals surface area contributed by atoms with Gasteiger partial charge in [0.2, 0.25) is 10.9 Å². The number of ketones is 2. The van der Waals surface area contributed by atoms with E-state index in [1.54, 1.807) is 13.8 Å². The molecule has 186 valence electrons. The van der Waals surface area contributed by atoms with Gasteiger partial charge in [0, 0.05) is 36.5 Å². The quantitative estimate of drug-likeness (QED) is 0.472. The summed E-state index contributed by atoms with van der Waals surface area (Å²) in [5, 5.41) is -0.754. The van der Waals surface area contributed by atoms with Gasteiger partial charge in [0.1, 0.15) is 5.83 Å². The second-order valence-electron chi connectivity index (χ2n) is 10.8. The first-order valence-corrected chi connectivity index (χ1v) is 12.1. The van der Waals surface area contributed by atoms with Crippen LogP contribution in [-0.4, -0.2) is 33.9 Å². The van der Waals surface area contributed by atoms with Gasteiger partial charge in [0.25, 0.3) is 0 Å². The lowest BCUT2D eigenvalue weighted by molar-refractivity contribution is -0.182. The molecule has 4 aliphatic carbocycles. The molecule has 2 saturated carbocycles. The van der Waals surface area contributed by atoms with Gasteiger partial charge in [-0.15, -0.1) is 12.6 Å². The molecule has 4 aliphatic rings. The fraction of sp³-hybridized carbons (Fsp3) is 0.538. The molecule has 2 unspecified atom stereocenters. The van der Waals surface area contributed by atoms with Gasteiger partial charge in [-0.2, -0.15) is 0 Å². The number of ether oxygens (including phenoxy) is 1. The zero-order valence-corrected chi connectivity index (χ0v) is 20.5. The van der Waals surface area contributed by atoms with E-state index in [1.165, 1.54) is 37.5 Å². The van der Waals surface area contributed by atoms with Gasteiger partial charge in [-0.25, -0.2) is 13.6 Å². The van der Waals surface area contributed by atoms with Crippen LogP contribution in [0.15, 0.2) is 46.4 Å². The fourth-order valence-electron chi connectivity index (χ4n) is 7.54. The number of fused-ring (bicyclic) bond motifs is 5. The molecule has 5 rings (SSSR count). The maximum absolute atomic E-state index is 17.2. The Morgan fingerprint density at radius 1 is 1.23 bits per heavy atom. The van der Waals surface area contributed by atoms with E-state index >= 15 is 8.78 Å². The molecule has 0 aliphatic heterocycles. The first-order valence-electron chi connectivity index (χ1n) is 11.7. The first-order chi connectivity index (χ1) is 16.3. The summed E-state index contributed by atoms with van der Waals surface area (Å²) in [5.41, 5.74) is -7.25. The van der Waals surface area contributed by atoms with Crippen molar-refractivity contribution in [2.24, 2.45) is 28.6 Å². The summed E-state index contributed by atoms with van der Waals surface area (Å²) in [6, 6.07) is 2.88. The van der Waals surface area contributed by atoms with Crippen molar-refractivity contribution in [3.05, 3.63) is 47.7 Å². The SMILES string of the molecule is C[C@@H]1CC2C3CC(F)=C4CC(=O)C=C[C@]4(C)[C@@]3(F)C(=O)C[C@]2(C)[C@@]1(OC(=O)c1ccco1)C(=O)S.